The van der Waals surface area contributed by atoms with Crippen molar-refractivity contribution in [2.24, 2.45) is 11.8 Å². The highest BCUT2D eigenvalue weighted by Crippen LogP contribution is 2.24. The number of nitrogens with one attached hydrogen (secondary N) is 4. The zero-order valence-corrected chi connectivity index (χ0v) is 26.6. The Morgan fingerprint density at radius 1 is 0.614 bits per heavy atom. The summed E-state index contributed by atoms with van der Waals surface area (Å²) in [5.41, 5.74) is 11.7. The molecule has 0 saturated heterocycles. The van der Waals surface area contributed by atoms with Crippen molar-refractivity contribution in [2.45, 2.75) is 105 Å². The lowest BCUT2D eigenvalue weighted by atomic mass is 9.92. The van der Waals surface area contributed by atoms with E-state index in [9.17, 15) is 29.4 Å². The molecular weight excluding hydrogens is 560 g/mol. The second-order valence-electron chi connectivity index (χ2n) is 11.4. The Morgan fingerprint density at radius 3 is 1.55 bits per heavy atom. The normalized spacial score (nSPS) is 12.2. The van der Waals surface area contributed by atoms with Gasteiger partial charge in [-0.05, 0) is 68.2 Å². The largest absolute Gasteiger partial charge is 0.507 e. The Bertz CT molecular complexity index is 1250. The first kappa shape index (κ1) is 36.1. The van der Waals surface area contributed by atoms with Crippen LogP contribution in [0.5, 0.6) is 11.5 Å². The summed E-state index contributed by atoms with van der Waals surface area (Å²) in [4.78, 5) is 51.4. The van der Waals surface area contributed by atoms with Gasteiger partial charge >= 0.3 is 0 Å². The summed E-state index contributed by atoms with van der Waals surface area (Å²) in [7, 11) is 0. The molecule has 10 nitrogen and oxygen atoms in total. The summed E-state index contributed by atoms with van der Waals surface area (Å²) >= 11 is 0. The summed E-state index contributed by atoms with van der Waals surface area (Å²) in [5.74, 6) is -2.89. The van der Waals surface area contributed by atoms with Crippen LogP contribution in [0.25, 0.3) is 0 Å². The highest BCUT2D eigenvalue weighted by atomic mass is 16.3. The molecule has 0 saturated carbocycles. The molecule has 44 heavy (non-hydrogen) atoms. The fraction of sp³-hybridized carbons (Fsp3) is 0.529. The van der Waals surface area contributed by atoms with Crippen molar-refractivity contribution in [1.29, 1.82) is 0 Å². The molecule has 2 aromatic rings. The van der Waals surface area contributed by atoms with Gasteiger partial charge in [-0.25, -0.2) is 0 Å². The van der Waals surface area contributed by atoms with Gasteiger partial charge in [0.15, 0.2) is 0 Å². The van der Waals surface area contributed by atoms with Gasteiger partial charge in [-0.1, -0.05) is 84.1 Å². The maximum atomic E-state index is 13.0. The number of rotatable bonds is 17. The molecule has 4 amide bonds. The molecule has 0 bridgehead atoms. The van der Waals surface area contributed by atoms with Crippen LogP contribution in [0.2, 0.25) is 0 Å². The van der Waals surface area contributed by atoms with Crippen LogP contribution in [-0.2, 0) is 22.4 Å². The van der Waals surface area contributed by atoms with E-state index < -0.39 is 17.7 Å². The van der Waals surface area contributed by atoms with Crippen molar-refractivity contribution in [3.8, 4) is 11.5 Å². The molecule has 2 unspecified atom stereocenters. The first-order valence-electron chi connectivity index (χ1n) is 16.0. The molecule has 0 radical (unpaired) electrons. The third-order valence-corrected chi connectivity index (χ3v) is 7.82. The van der Waals surface area contributed by atoms with Crippen LogP contribution in [0.4, 0.5) is 0 Å². The van der Waals surface area contributed by atoms with Crippen molar-refractivity contribution in [2.75, 3.05) is 0 Å². The van der Waals surface area contributed by atoms with E-state index >= 15 is 0 Å². The summed E-state index contributed by atoms with van der Waals surface area (Å²) in [5, 5.41) is 20.6. The van der Waals surface area contributed by atoms with Crippen molar-refractivity contribution in [3.05, 3.63) is 58.7 Å². The van der Waals surface area contributed by atoms with E-state index in [1.54, 1.807) is 31.2 Å². The van der Waals surface area contributed by atoms with Crippen molar-refractivity contribution in [1.82, 2.24) is 21.7 Å². The van der Waals surface area contributed by atoms with E-state index in [1.807, 2.05) is 20.8 Å². The number of hydrogen-bond donors (Lipinski definition) is 6. The quantitative estimate of drug-likeness (QED) is 0.128. The van der Waals surface area contributed by atoms with Crippen LogP contribution < -0.4 is 21.7 Å². The minimum Gasteiger partial charge on any atom is -0.507 e. The van der Waals surface area contributed by atoms with E-state index in [0.29, 0.717) is 38.5 Å². The third kappa shape index (κ3) is 11.2. The Hall–Kier alpha value is -4.08. The number of carbonyl (C=O) groups is 4. The van der Waals surface area contributed by atoms with E-state index in [2.05, 4.69) is 21.7 Å². The lowest BCUT2D eigenvalue weighted by Crippen LogP contribution is -2.45. The molecule has 242 valence electrons. The third-order valence-electron chi connectivity index (χ3n) is 7.82. The van der Waals surface area contributed by atoms with E-state index in [1.165, 1.54) is 12.1 Å². The molecule has 2 atom stereocenters. The van der Waals surface area contributed by atoms with Gasteiger partial charge in [-0.2, -0.15) is 0 Å². The Kier molecular flexibility index (Phi) is 15.8. The minimum atomic E-state index is -0.575. The minimum absolute atomic E-state index is 0.131. The lowest BCUT2D eigenvalue weighted by molar-refractivity contribution is -0.126. The maximum Gasteiger partial charge on any atom is 0.273 e. The van der Waals surface area contributed by atoms with E-state index in [-0.39, 0.29) is 40.4 Å². The highest BCUT2D eigenvalue weighted by Gasteiger charge is 2.23. The van der Waals surface area contributed by atoms with Gasteiger partial charge in [0, 0.05) is 11.8 Å². The number of benzene rings is 2. The Balaban J connectivity index is 1.89. The van der Waals surface area contributed by atoms with E-state index in [0.717, 1.165) is 49.7 Å². The number of amides is 4. The van der Waals surface area contributed by atoms with Gasteiger partial charge < -0.3 is 10.2 Å². The molecule has 0 aliphatic carbocycles. The Labute approximate surface area is 261 Å². The molecule has 10 heteroatoms. The van der Waals surface area contributed by atoms with Gasteiger partial charge in [0.1, 0.15) is 11.5 Å². The number of phenolic OH excluding ortho intramolecular Hbond substituents is 2. The molecule has 0 aliphatic rings. The van der Waals surface area contributed by atoms with Crippen LogP contribution in [0, 0.1) is 11.8 Å². The standard InChI is InChI=1S/C34H50N4O6/c1-5-8-15-24-18-12-21-27(39)29(24)33(43)37-35-31(41)23(4)14-11-20-26(17-10-7-3)32(42)36-38-34(44)30-25(16-9-6-2)19-13-22-28(30)40/h12-13,18-19,21-23,26,39-40H,5-11,14-17,20H2,1-4H3,(H,35,41)(H,36,42)(H,37,43)(H,38,44). The zero-order valence-electron chi connectivity index (χ0n) is 26.6. The highest BCUT2D eigenvalue weighted by molar-refractivity contribution is 6.00. The van der Waals surface area contributed by atoms with Gasteiger partial charge in [0.05, 0.1) is 11.1 Å². The van der Waals surface area contributed by atoms with Crippen molar-refractivity contribution in [3.63, 3.8) is 0 Å². The number of unbranched alkanes of at least 4 members (excludes halogenated alkanes) is 3. The molecular formula is C34H50N4O6. The first-order chi connectivity index (χ1) is 21.1. The number of hydrazine groups is 2. The molecule has 0 aliphatic heterocycles. The monoisotopic (exact) mass is 610 g/mol. The molecule has 6 N–H and O–H groups in total. The topological polar surface area (TPSA) is 157 Å². The summed E-state index contributed by atoms with van der Waals surface area (Å²) in [6.45, 7) is 7.88. The lowest BCUT2D eigenvalue weighted by Gasteiger charge is -2.19. The second-order valence-corrected chi connectivity index (χ2v) is 11.4. The van der Waals surface area contributed by atoms with Crippen LogP contribution in [0.1, 0.15) is 124 Å². The molecule has 2 aromatic carbocycles. The van der Waals surface area contributed by atoms with Crippen LogP contribution in [-0.4, -0.2) is 33.8 Å². The molecule has 0 aromatic heterocycles. The first-order valence-corrected chi connectivity index (χ1v) is 16.0. The Morgan fingerprint density at radius 2 is 1.07 bits per heavy atom. The summed E-state index contributed by atoms with van der Waals surface area (Å²) < 4.78 is 0. The molecule has 0 fully saturated rings. The van der Waals surface area contributed by atoms with Crippen LogP contribution >= 0.6 is 0 Å². The smallest absolute Gasteiger partial charge is 0.273 e. The molecule has 0 spiro atoms. The predicted molar refractivity (Wildman–Crippen MR) is 171 cm³/mol. The summed E-state index contributed by atoms with van der Waals surface area (Å²) in [6, 6.07) is 9.89. The number of hydrogen-bond acceptors (Lipinski definition) is 6. The molecule has 2 rings (SSSR count). The van der Waals surface area contributed by atoms with Crippen LogP contribution in [0.15, 0.2) is 36.4 Å². The fourth-order valence-electron chi connectivity index (χ4n) is 5.09. The maximum absolute atomic E-state index is 13.0. The molecule has 0 heterocycles. The number of carbonyl (C=O) groups excluding carboxylic acids is 4. The number of aromatic hydroxyl groups is 2. The van der Waals surface area contributed by atoms with Crippen molar-refractivity contribution < 1.29 is 29.4 Å². The zero-order chi connectivity index (χ0) is 32.5. The van der Waals surface area contributed by atoms with Gasteiger partial charge in [0.2, 0.25) is 11.8 Å². The summed E-state index contributed by atoms with van der Waals surface area (Å²) in [6.07, 6.45) is 8.87. The number of aryl methyl sites for hydroxylation is 2. The number of phenols is 2. The van der Waals surface area contributed by atoms with Crippen LogP contribution in [0.3, 0.4) is 0 Å². The average molecular weight is 611 g/mol. The second kappa shape index (κ2) is 19.2. The predicted octanol–water partition coefficient (Wildman–Crippen LogP) is 5.62. The average Bonchev–Trinajstić information content (AvgIpc) is 3.01. The van der Waals surface area contributed by atoms with Gasteiger partial charge in [-0.15, -0.1) is 0 Å². The SMILES string of the molecule is CCCCc1cccc(O)c1C(=O)NNC(=O)C(C)CCCC(CCCC)C(=O)NNC(=O)c1c(O)cccc1CCCC. The van der Waals surface area contributed by atoms with Crippen molar-refractivity contribution >= 4 is 23.6 Å². The van der Waals surface area contributed by atoms with Gasteiger partial charge in [0.25, 0.3) is 11.8 Å². The van der Waals surface area contributed by atoms with E-state index in [4.69, 9.17) is 0 Å². The van der Waals surface area contributed by atoms with Gasteiger partial charge in [-0.3, -0.25) is 40.9 Å². The fourth-order valence-corrected chi connectivity index (χ4v) is 5.09.